The minimum Gasteiger partial charge on any atom is -0.376 e. The first-order chi connectivity index (χ1) is 8.55. The Morgan fingerprint density at radius 2 is 2.00 bits per heavy atom. The van der Waals surface area contributed by atoms with Crippen LogP contribution in [0.1, 0.15) is 26.7 Å². The van der Waals surface area contributed by atoms with Crippen molar-refractivity contribution in [3.05, 3.63) is 29.0 Å². The summed E-state index contributed by atoms with van der Waals surface area (Å²) >= 11 is 5.71. The second-order valence-corrected chi connectivity index (χ2v) is 4.53. The summed E-state index contributed by atoms with van der Waals surface area (Å²) in [4.78, 5) is 11.6. The fourth-order valence-corrected chi connectivity index (χ4v) is 1.83. The van der Waals surface area contributed by atoms with Gasteiger partial charge in [-0.3, -0.25) is 4.79 Å². The van der Waals surface area contributed by atoms with Crippen LogP contribution >= 0.6 is 11.6 Å². The third kappa shape index (κ3) is 4.92. The first kappa shape index (κ1) is 14.8. The van der Waals surface area contributed by atoms with Gasteiger partial charge in [0.05, 0.1) is 6.54 Å². The minimum absolute atomic E-state index is 0.107. The zero-order valence-corrected chi connectivity index (χ0v) is 11.4. The first-order valence-electron chi connectivity index (χ1n) is 6.04. The maximum absolute atomic E-state index is 13.0. The molecule has 0 atom stereocenters. The van der Waals surface area contributed by atoms with E-state index >= 15 is 0 Å². The molecule has 1 rings (SSSR count). The van der Waals surface area contributed by atoms with Crippen molar-refractivity contribution < 1.29 is 9.18 Å². The molecular formula is C13H18ClFN2O. The molecule has 0 saturated carbocycles. The van der Waals surface area contributed by atoms with Crippen molar-refractivity contribution in [3.8, 4) is 0 Å². The van der Waals surface area contributed by atoms with Crippen LogP contribution in [0.5, 0.6) is 0 Å². The number of carbonyl (C=O) groups is 1. The molecule has 0 radical (unpaired) electrons. The lowest BCUT2D eigenvalue weighted by atomic mass is 10.2. The zero-order chi connectivity index (χ0) is 13.5. The highest BCUT2D eigenvalue weighted by molar-refractivity contribution is 6.30. The molecule has 0 aromatic heterocycles. The van der Waals surface area contributed by atoms with E-state index in [4.69, 9.17) is 11.6 Å². The maximum atomic E-state index is 13.0. The van der Waals surface area contributed by atoms with Crippen LogP contribution in [-0.4, -0.2) is 18.5 Å². The Kier molecular flexibility index (Phi) is 5.92. The number of hydrogen-bond acceptors (Lipinski definition) is 2. The Hall–Kier alpha value is -1.29. The van der Waals surface area contributed by atoms with E-state index in [1.165, 1.54) is 12.1 Å². The van der Waals surface area contributed by atoms with E-state index in [1.54, 1.807) is 6.07 Å². The van der Waals surface area contributed by atoms with Crippen LogP contribution in [0.15, 0.2) is 18.2 Å². The molecule has 1 aromatic rings. The molecular weight excluding hydrogens is 255 g/mol. The molecule has 0 aliphatic carbocycles. The molecule has 0 heterocycles. The molecule has 0 spiro atoms. The van der Waals surface area contributed by atoms with E-state index < -0.39 is 5.82 Å². The van der Waals surface area contributed by atoms with E-state index in [0.29, 0.717) is 10.7 Å². The van der Waals surface area contributed by atoms with Crippen molar-refractivity contribution in [2.45, 2.75) is 32.7 Å². The van der Waals surface area contributed by atoms with Crippen molar-refractivity contribution in [3.63, 3.8) is 0 Å². The van der Waals surface area contributed by atoms with Gasteiger partial charge in [0.15, 0.2) is 0 Å². The normalized spacial score (nSPS) is 10.5. The van der Waals surface area contributed by atoms with Crippen LogP contribution < -0.4 is 10.6 Å². The van der Waals surface area contributed by atoms with Gasteiger partial charge in [0, 0.05) is 16.8 Å². The number of rotatable bonds is 6. The van der Waals surface area contributed by atoms with Crippen molar-refractivity contribution in [2.75, 3.05) is 11.9 Å². The Morgan fingerprint density at radius 3 is 2.56 bits per heavy atom. The fraction of sp³-hybridized carbons (Fsp3) is 0.462. The monoisotopic (exact) mass is 272 g/mol. The Balaban J connectivity index is 2.47. The lowest BCUT2D eigenvalue weighted by Gasteiger charge is -2.15. The maximum Gasteiger partial charge on any atom is 0.239 e. The van der Waals surface area contributed by atoms with Gasteiger partial charge in [-0.05, 0) is 31.0 Å². The molecule has 1 amide bonds. The largest absolute Gasteiger partial charge is 0.376 e. The summed E-state index contributed by atoms with van der Waals surface area (Å²) in [6.07, 6.45) is 1.79. The summed E-state index contributed by atoms with van der Waals surface area (Å²) in [5, 5.41) is 6.03. The lowest BCUT2D eigenvalue weighted by Crippen LogP contribution is -2.37. The second kappa shape index (κ2) is 7.21. The number of hydrogen-bond donors (Lipinski definition) is 2. The number of halogens is 2. The predicted molar refractivity (Wildman–Crippen MR) is 72.4 cm³/mol. The average Bonchev–Trinajstić information content (AvgIpc) is 2.32. The number of carbonyl (C=O) groups excluding carboxylic acids is 1. The van der Waals surface area contributed by atoms with Crippen LogP contribution in [-0.2, 0) is 4.79 Å². The van der Waals surface area contributed by atoms with Crippen molar-refractivity contribution in [2.24, 2.45) is 0 Å². The second-order valence-electron chi connectivity index (χ2n) is 4.09. The lowest BCUT2D eigenvalue weighted by molar-refractivity contribution is -0.120. The van der Waals surface area contributed by atoms with E-state index in [-0.39, 0.29) is 18.5 Å². The van der Waals surface area contributed by atoms with Gasteiger partial charge in [-0.2, -0.15) is 0 Å². The van der Waals surface area contributed by atoms with Crippen molar-refractivity contribution in [1.82, 2.24) is 5.32 Å². The molecule has 3 nitrogen and oxygen atoms in total. The highest BCUT2D eigenvalue weighted by atomic mass is 35.5. The van der Waals surface area contributed by atoms with Gasteiger partial charge >= 0.3 is 0 Å². The van der Waals surface area contributed by atoms with E-state index in [2.05, 4.69) is 10.6 Å². The number of amides is 1. The van der Waals surface area contributed by atoms with E-state index in [0.717, 1.165) is 12.8 Å². The van der Waals surface area contributed by atoms with E-state index in [9.17, 15) is 9.18 Å². The molecule has 100 valence electrons. The summed E-state index contributed by atoms with van der Waals surface area (Å²) in [5.41, 5.74) is 0.500. The first-order valence-corrected chi connectivity index (χ1v) is 6.42. The summed E-state index contributed by atoms with van der Waals surface area (Å²) in [5.74, 6) is -0.533. The van der Waals surface area contributed by atoms with Crippen LogP contribution in [0.3, 0.4) is 0 Å². The fourth-order valence-electron chi connectivity index (χ4n) is 1.61. The highest BCUT2D eigenvalue weighted by Crippen LogP contribution is 2.17. The van der Waals surface area contributed by atoms with Gasteiger partial charge in [-0.1, -0.05) is 25.4 Å². The number of nitrogens with one attached hydrogen (secondary N) is 2. The Labute approximate surface area is 112 Å². The molecule has 0 aliphatic rings. The van der Waals surface area contributed by atoms with Crippen LogP contribution in [0.4, 0.5) is 10.1 Å². The topological polar surface area (TPSA) is 41.1 Å². The van der Waals surface area contributed by atoms with Gasteiger partial charge in [-0.25, -0.2) is 4.39 Å². The molecule has 2 N–H and O–H groups in total. The molecule has 18 heavy (non-hydrogen) atoms. The third-order valence-electron chi connectivity index (χ3n) is 2.67. The molecule has 0 saturated heterocycles. The quantitative estimate of drug-likeness (QED) is 0.835. The smallest absolute Gasteiger partial charge is 0.239 e. The third-order valence-corrected chi connectivity index (χ3v) is 2.88. The highest BCUT2D eigenvalue weighted by Gasteiger charge is 2.08. The molecule has 0 aliphatic heterocycles. The van der Waals surface area contributed by atoms with Crippen LogP contribution in [0.25, 0.3) is 0 Å². The molecule has 0 fully saturated rings. The molecule has 5 heteroatoms. The van der Waals surface area contributed by atoms with Crippen molar-refractivity contribution in [1.29, 1.82) is 0 Å². The summed E-state index contributed by atoms with van der Waals surface area (Å²) in [7, 11) is 0. The van der Waals surface area contributed by atoms with E-state index in [1.807, 2.05) is 13.8 Å². The Morgan fingerprint density at radius 1 is 1.33 bits per heavy atom. The molecule has 1 aromatic carbocycles. The van der Waals surface area contributed by atoms with Gasteiger partial charge in [0.2, 0.25) is 5.91 Å². The molecule has 0 bridgehead atoms. The molecule has 0 unspecified atom stereocenters. The average molecular weight is 273 g/mol. The van der Waals surface area contributed by atoms with Gasteiger partial charge in [-0.15, -0.1) is 0 Å². The zero-order valence-electron chi connectivity index (χ0n) is 10.6. The van der Waals surface area contributed by atoms with Gasteiger partial charge in [0.25, 0.3) is 0 Å². The van der Waals surface area contributed by atoms with Crippen LogP contribution in [0.2, 0.25) is 5.02 Å². The minimum atomic E-state index is -0.426. The van der Waals surface area contributed by atoms with Gasteiger partial charge in [0.1, 0.15) is 5.82 Å². The summed E-state index contributed by atoms with van der Waals surface area (Å²) in [6, 6.07) is 4.29. The van der Waals surface area contributed by atoms with Crippen molar-refractivity contribution >= 4 is 23.2 Å². The van der Waals surface area contributed by atoms with Gasteiger partial charge < -0.3 is 10.6 Å². The summed E-state index contributed by atoms with van der Waals surface area (Å²) < 4.78 is 13.0. The number of anilines is 1. The van der Waals surface area contributed by atoms with Crippen LogP contribution in [0, 0.1) is 5.82 Å². The Bertz CT molecular complexity index is 388. The predicted octanol–water partition coefficient (Wildman–Crippen LogP) is 3.20. The standard InChI is InChI=1S/C13H18ClFN2O/c1-3-11(4-2)17-13(18)8-16-12-6-9(14)5-10(15)7-12/h5-7,11,16H,3-4,8H2,1-2H3,(H,17,18). The SMILES string of the molecule is CCC(CC)NC(=O)CNc1cc(F)cc(Cl)c1. The summed E-state index contributed by atoms with van der Waals surface area (Å²) in [6.45, 7) is 4.15. The number of benzene rings is 1.